The van der Waals surface area contributed by atoms with E-state index in [2.05, 4.69) is 41.5 Å². The molecule has 0 aromatic rings. The highest BCUT2D eigenvalue weighted by molar-refractivity contribution is 6.17. The van der Waals surface area contributed by atoms with Gasteiger partial charge in [0.2, 0.25) is 11.8 Å². The molecule has 2 aliphatic rings. The summed E-state index contributed by atoms with van der Waals surface area (Å²) in [5, 5.41) is 2.31. The van der Waals surface area contributed by atoms with Crippen LogP contribution in [0.3, 0.4) is 0 Å². The summed E-state index contributed by atoms with van der Waals surface area (Å²) in [6, 6.07) is -0.735. The van der Waals surface area contributed by atoms with Crippen LogP contribution in [0.1, 0.15) is 46.0 Å². The van der Waals surface area contributed by atoms with E-state index in [1.54, 1.807) is 0 Å². The summed E-state index contributed by atoms with van der Waals surface area (Å²) in [5.74, 6) is -2.18. The highest BCUT2D eigenvalue weighted by Crippen LogP contribution is 2.27. The average molecular weight is 365 g/mol. The number of imide groups is 2. The van der Waals surface area contributed by atoms with Gasteiger partial charge in [-0.1, -0.05) is 39.7 Å². The normalized spacial score (nSPS) is 21.9. The number of nitrogens with zero attached hydrogens (tertiary/aromatic N) is 2. The number of hydrogen-bond donors (Lipinski definition) is 3. The molecule has 0 spiro atoms. The van der Waals surface area contributed by atoms with Crippen LogP contribution in [-0.2, 0) is 9.59 Å². The third-order valence-corrected chi connectivity index (χ3v) is 5.18. The van der Waals surface area contributed by atoms with Crippen LogP contribution in [0, 0.1) is 5.92 Å². The Morgan fingerprint density at radius 1 is 1.19 bits per heavy atom. The summed E-state index contributed by atoms with van der Waals surface area (Å²) in [5.41, 5.74) is 6.13. The Kier molecular flexibility index (Phi) is 7.59. The van der Waals surface area contributed by atoms with E-state index in [0.29, 0.717) is 6.54 Å². The first-order chi connectivity index (χ1) is 12.5. The van der Waals surface area contributed by atoms with Crippen LogP contribution < -0.4 is 16.2 Å². The Morgan fingerprint density at radius 2 is 1.85 bits per heavy atom. The van der Waals surface area contributed by atoms with E-state index in [1.807, 2.05) is 0 Å². The third kappa shape index (κ3) is 4.82. The van der Waals surface area contributed by atoms with Crippen molar-refractivity contribution in [1.82, 2.24) is 26.0 Å². The molecule has 146 valence electrons. The minimum atomic E-state index is -1.09. The Hall–Kier alpha value is -1.93. The molecule has 3 N–H and O–H groups in total. The lowest BCUT2D eigenvalue weighted by Crippen LogP contribution is -2.62. The summed E-state index contributed by atoms with van der Waals surface area (Å²) in [6.07, 6.45) is 4.69. The van der Waals surface area contributed by atoms with Gasteiger partial charge in [0, 0.05) is 24.8 Å². The Bertz CT molecular complexity index is 541. The molecule has 1 aliphatic carbocycles. The van der Waals surface area contributed by atoms with Crippen molar-refractivity contribution in [3.63, 3.8) is 0 Å². The van der Waals surface area contributed by atoms with Crippen LogP contribution in [0.25, 0.3) is 0 Å². The molecule has 0 bridgehead atoms. The first-order valence-corrected chi connectivity index (χ1v) is 9.57. The largest absolute Gasteiger partial charge is 0.331 e. The second kappa shape index (κ2) is 9.68. The molecule has 0 aromatic heterocycles. The van der Waals surface area contributed by atoms with Gasteiger partial charge in [-0.2, -0.15) is 0 Å². The molecule has 8 heteroatoms. The zero-order valence-corrected chi connectivity index (χ0v) is 15.8. The van der Waals surface area contributed by atoms with Crippen molar-refractivity contribution in [1.29, 1.82) is 0 Å². The van der Waals surface area contributed by atoms with Gasteiger partial charge in [-0.25, -0.2) is 10.2 Å². The third-order valence-electron chi connectivity index (χ3n) is 5.18. The zero-order chi connectivity index (χ0) is 19.1. The molecule has 4 amide bonds. The van der Waals surface area contributed by atoms with Crippen molar-refractivity contribution in [3.8, 4) is 0 Å². The molecule has 1 aliphatic heterocycles. The lowest BCUT2D eigenvalue weighted by Gasteiger charge is -2.38. The first-order valence-electron chi connectivity index (χ1n) is 9.57. The van der Waals surface area contributed by atoms with Crippen LogP contribution >= 0.6 is 0 Å². The number of hydrazine groups is 1. The number of likely N-dealkylation sites (N-methyl/N-ethyl adjacent to an activating group) is 1. The van der Waals surface area contributed by atoms with E-state index < -0.39 is 23.8 Å². The summed E-state index contributed by atoms with van der Waals surface area (Å²) in [6.45, 7) is 11.4. The van der Waals surface area contributed by atoms with Gasteiger partial charge in [0.05, 0.1) is 0 Å². The van der Waals surface area contributed by atoms with Crippen LogP contribution in [0.15, 0.2) is 12.3 Å². The number of hydrogen-bond acceptors (Lipinski definition) is 6. The molecular weight excluding hydrogens is 334 g/mol. The molecule has 26 heavy (non-hydrogen) atoms. The van der Waals surface area contributed by atoms with Crippen molar-refractivity contribution in [2.45, 2.75) is 52.0 Å². The quantitative estimate of drug-likeness (QED) is 0.320. The van der Waals surface area contributed by atoms with Crippen molar-refractivity contribution >= 4 is 17.8 Å². The van der Waals surface area contributed by atoms with E-state index in [-0.39, 0.29) is 11.7 Å². The predicted octanol–water partition coefficient (Wildman–Crippen LogP) is 0.963. The summed E-state index contributed by atoms with van der Waals surface area (Å²) >= 11 is 0. The van der Waals surface area contributed by atoms with E-state index >= 15 is 0 Å². The molecule has 0 unspecified atom stereocenters. The predicted molar refractivity (Wildman–Crippen MR) is 98.8 cm³/mol. The van der Waals surface area contributed by atoms with Crippen LogP contribution in [-0.4, -0.2) is 59.9 Å². The number of amides is 4. The van der Waals surface area contributed by atoms with Crippen LogP contribution in [0.2, 0.25) is 0 Å². The highest BCUT2D eigenvalue weighted by atomic mass is 16.2. The highest BCUT2D eigenvalue weighted by Gasteiger charge is 2.45. The maximum Gasteiger partial charge on any atom is 0.331 e. The van der Waals surface area contributed by atoms with Gasteiger partial charge in [0.1, 0.15) is 0 Å². The van der Waals surface area contributed by atoms with E-state index in [0.717, 1.165) is 51.7 Å². The summed E-state index contributed by atoms with van der Waals surface area (Å²) in [7, 11) is 0. The fraction of sp³-hybridized carbons (Fsp3) is 0.722. The van der Waals surface area contributed by atoms with Crippen LogP contribution in [0.4, 0.5) is 4.79 Å². The average Bonchev–Trinajstić information content (AvgIpc) is 2.62. The van der Waals surface area contributed by atoms with E-state index in [9.17, 15) is 14.4 Å². The fourth-order valence-electron chi connectivity index (χ4n) is 3.58. The van der Waals surface area contributed by atoms with Gasteiger partial charge in [-0.05, 0) is 25.9 Å². The minimum absolute atomic E-state index is 0.129. The maximum atomic E-state index is 12.8. The zero-order valence-electron chi connectivity index (χ0n) is 15.8. The number of carbonyl (C=O) groups is 3. The Morgan fingerprint density at radius 3 is 2.46 bits per heavy atom. The van der Waals surface area contributed by atoms with Crippen molar-refractivity contribution in [3.05, 3.63) is 12.3 Å². The van der Waals surface area contributed by atoms with Crippen LogP contribution in [0.5, 0.6) is 0 Å². The van der Waals surface area contributed by atoms with Crippen molar-refractivity contribution in [2.24, 2.45) is 5.92 Å². The van der Waals surface area contributed by atoms with Gasteiger partial charge in [-0.3, -0.25) is 19.8 Å². The molecule has 0 aromatic carbocycles. The number of rotatable bonds is 9. The van der Waals surface area contributed by atoms with Gasteiger partial charge in [0.15, 0.2) is 5.92 Å². The molecule has 0 radical (unpaired) electrons. The summed E-state index contributed by atoms with van der Waals surface area (Å²) in [4.78, 5) is 40.7. The molecule has 1 saturated heterocycles. The molecule has 8 nitrogen and oxygen atoms in total. The Balaban J connectivity index is 1.93. The van der Waals surface area contributed by atoms with E-state index in [1.165, 1.54) is 4.90 Å². The molecule has 2 rings (SSSR count). The molecule has 2 fully saturated rings. The van der Waals surface area contributed by atoms with Gasteiger partial charge >= 0.3 is 6.03 Å². The number of barbiturate groups is 1. The van der Waals surface area contributed by atoms with E-state index in [4.69, 9.17) is 0 Å². The number of carbonyl (C=O) groups excluding carboxylic acids is 3. The molecule has 1 atom stereocenters. The molecule has 1 saturated carbocycles. The second-order valence-corrected chi connectivity index (χ2v) is 6.83. The number of urea groups is 1. The standard InChI is InChI=1S/C18H31N5O3/c1-4-22(5-2)12-11-19-21-13(3)15-16(24)20-18(26)23(17(15)25)14-9-7-6-8-10-14/h14-15,19,21H,3-12H2,1-2H3,(H,20,24,26)/t15-/m1/s1. The SMILES string of the molecule is C=C(NNCCN(CC)CC)[C@@H]1C(=O)NC(=O)N(C2CCCCC2)C1=O. The Labute approximate surface area is 155 Å². The minimum Gasteiger partial charge on any atom is -0.325 e. The van der Waals surface area contributed by atoms with Gasteiger partial charge in [-0.15, -0.1) is 0 Å². The number of nitrogens with one attached hydrogen (secondary N) is 3. The maximum absolute atomic E-state index is 12.8. The smallest absolute Gasteiger partial charge is 0.325 e. The summed E-state index contributed by atoms with van der Waals surface area (Å²) < 4.78 is 0. The fourth-order valence-corrected chi connectivity index (χ4v) is 3.58. The van der Waals surface area contributed by atoms with Crippen molar-refractivity contribution in [2.75, 3.05) is 26.2 Å². The van der Waals surface area contributed by atoms with Crippen molar-refractivity contribution < 1.29 is 14.4 Å². The second-order valence-electron chi connectivity index (χ2n) is 6.83. The first kappa shape index (κ1) is 20.4. The van der Waals surface area contributed by atoms with Gasteiger partial charge < -0.3 is 10.3 Å². The van der Waals surface area contributed by atoms with Gasteiger partial charge in [0.25, 0.3) is 0 Å². The topological polar surface area (TPSA) is 93.8 Å². The lowest BCUT2D eigenvalue weighted by atomic mass is 9.92. The molecular formula is C18H31N5O3. The monoisotopic (exact) mass is 365 g/mol. The lowest BCUT2D eigenvalue weighted by molar-refractivity contribution is -0.143. The molecule has 1 heterocycles.